The van der Waals surface area contributed by atoms with E-state index in [0.717, 1.165) is 22.0 Å². The molecule has 1 heterocycles. The Morgan fingerprint density at radius 3 is 2.09 bits per heavy atom. The molecule has 0 unspecified atom stereocenters. The van der Waals surface area contributed by atoms with E-state index in [-0.39, 0.29) is 12.5 Å². The molecule has 0 saturated carbocycles. The first-order valence-corrected chi connectivity index (χ1v) is 13.2. The number of anilines is 2. The minimum atomic E-state index is -3.67. The third kappa shape index (κ3) is 6.05. The average Bonchev–Trinajstić information content (AvgIpc) is 2.88. The second-order valence-electron chi connectivity index (χ2n) is 8.22. The Morgan fingerprint density at radius 1 is 0.857 bits per heavy atom. The van der Waals surface area contributed by atoms with Crippen molar-refractivity contribution in [2.45, 2.75) is 0 Å². The lowest BCUT2D eigenvalue weighted by Gasteiger charge is -2.37. The predicted octanol–water partition coefficient (Wildman–Crippen LogP) is 3.60. The van der Waals surface area contributed by atoms with E-state index in [1.165, 1.54) is 0 Å². The van der Waals surface area contributed by atoms with E-state index in [4.69, 9.17) is 9.47 Å². The van der Waals surface area contributed by atoms with Crippen molar-refractivity contribution in [3.63, 3.8) is 0 Å². The molecular weight excluding hydrogens is 466 g/mol. The molecule has 0 N–H and O–H groups in total. The van der Waals surface area contributed by atoms with Crippen LogP contribution in [-0.4, -0.2) is 65.3 Å². The van der Waals surface area contributed by atoms with Crippen LogP contribution in [0, 0.1) is 0 Å². The van der Waals surface area contributed by atoms with Crippen LogP contribution in [0.25, 0.3) is 0 Å². The van der Waals surface area contributed by atoms with Gasteiger partial charge in [0.05, 0.1) is 24.7 Å². The van der Waals surface area contributed by atoms with E-state index in [0.29, 0.717) is 43.4 Å². The molecule has 1 fully saturated rings. The highest BCUT2D eigenvalue weighted by Crippen LogP contribution is 2.29. The van der Waals surface area contributed by atoms with Crippen LogP contribution in [-0.2, 0) is 14.8 Å². The fourth-order valence-corrected chi connectivity index (χ4v) is 4.87. The Bertz CT molecular complexity index is 1240. The quantitative estimate of drug-likeness (QED) is 0.475. The van der Waals surface area contributed by atoms with E-state index in [9.17, 15) is 13.2 Å². The summed E-state index contributed by atoms with van der Waals surface area (Å²) >= 11 is 0. The standard InChI is InChI=1S/C26H29N3O5S/c1-33-25-11-7-6-10-24(25)27-16-18-28(19-17-27)26(30)20-29(35(2,31)32)21-12-14-23(15-13-21)34-22-8-4-3-5-9-22/h3-15H,16-20H2,1-2H3. The van der Waals surface area contributed by atoms with E-state index >= 15 is 0 Å². The van der Waals surface area contributed by atoms with Crippen LogP contribution in [0.5, 0.6) is 17.2 Å². The van der Waals surface area contributed by atoms with Gasteiger partial charge >= 0.3 is 0 Å². The summed E-state index contributed by atoms with van der Waals surface area (Å²) in [6, 6.07) is 23.8. The summed E-state index contributed by atoms with van der Waals surface area (Å²) in [4.78, 5) is 16.9. The molecule has 3 aromatic rings. The summed E-state index contributed by atoms with van der Waals surface area (Å²) in [6.07, 6.45) is 1.11. The summed E-state index contributed by atoms with van der Waals surface area (Å²) in [5.41, 5.74) is 1.39. The summed E-state index contributed by atoms with van der Waals surface area (Å²) in [5.74, 6) is 1.81. The number of carbonyl (C=O) groups excluding carboxylic acids is 1. The van der Waals surface area contributed by atoms with Crippen LogP contribution < -0.4 is 18.7 Å². The Morgan fingerprint density at radius 2 is 1.46 bits per heavy atom. The Labute approximate surface area is 206 Å². The number of para-hydroxylation sites is 3. The molecule has 0 bridgehead atoms. The molecule has 1 aliphatic rings. The largest absolute Gasteiger partial charge is 0.495 e. The van der Waals surface area contributed by atoms with E-state index < -0.39 is 10.0 Å². The maximum absolute atomic E-state index is 13.1. The topological polar surface area (TPSA) is 79.4 Å². The van der Waals surface area contributed by atoms with Gasteiger partial charge < -0.3 is 19.3 Å². The van der Waals surface area contributed by atoms with Gasteiger partial charge in [0.25, 0.3) is 0 Å². The highest BCUT2D eigenvalue weighted by Gasteiger charge is 2.27. The third-order valence-electron chi connectivity index (χ3n) is 5.84. The first kappa shape index (κ1) is 24.4. The fraction of sp³-hybridized carbons (Fsp3) is 0.269. The van der Waals surface area contributed by atoms with Crippen molar-refractivity contribution < 1.29 is 22.7 Å². The van der Waals surface area contributed by atoms with Crippen LogP contribution in [0.15, 0.2) is 78.9 Å². The van der Waals surface area contributed by atoms with Crippen molar-refractivity contribution in [3.8, 4) is 17.2 Å². The number of methoxy groups -OCH3 is 1. The van der Waals surface area contributed by atoms with Crippen LogP contribution >= 0.6 is 0 Å². The molecule has 35 heavy (non-hydrogen) atoms. The first-order valence-electron chi connectivity index (χ1n) is 11.3. The summed E-state index contributed by atoms with van der Waals surface area (Å²) < 4.78 is 37.4. The zero-order valence-corrected chi connectivity index (χ0v) is 20.6. The molecule has 9 heteroatoms. The second kappa shape index (κ2) is 10.7. The molecular formula is C26H29N3O5S. The summed E-state index contributed by atoms with van der Waals surface area (Å²) in [5, 5.41) is 0. The smallest absolute Gasteiger partial charge is 0.243 e. The van der Waals surface area contributed by atoms with Crippen molar-refractivity contribution in [1.29, 1.82) is 0 Å². The lowest BCUT2D eigenvalue weighted by atomic mass is 10.2. The number of hydrogen-bond acceptors (Lipinski definition) is 6. The van der Waals surface area contributed by atoms with E-state index in [1.807, 2.05) is 54.6 Å². The van der Waals surface area contributed by atoms with Gasteiger partial charge in [-0.15, -0.1) is 0 Å². The lowest BCUT2D eigenvalue weighted by molar-refractivity contribution is -0.129. The Kier molecular flexibility index (Phi) is 7.45. The second-order valence-corrected chi connectivity index (χ2v) is 10.1. The normalized spacial score (nSPS) is 13.9. The maximum atomic E-state index is 13.1. The van der Waals surface area contributed by atoms with Gasteiger partial charge in [0.1, 0.15) is 23.8 Å². The van der Waals surface area contributed by atoms with Crippen molar-refractivity contribution in [3.05, 3.63) is 78.9 Å². The summed E-state index contributed by atoms with van der Waals surface area (Å²) in [7, 11) is -2.03. The van der Waals surface area contributed by atoms with Crippen molar-refractivity contribution >= 4 is 27.3 Å². The van der Waals surface area contributed by atoms with Gasteiger partial charge in [-0.05, 0) is 48.5 Å². The molecule has 1 saturated heterocycles. The molecule has 1 amide bonds. The van der Waals surface area contributed by atoms with Crippen molar-refractivity contribution in [2.24, 2.45) is 0 Å². The number of amides is 1. The molecule has 8 nitrogen and oxygen atoms in total. The highest BCUT2D eigenvalue weighted by molar-refractivity contribution is 7.92. The molecule has 0 atom stereocenters. The minimum Gasteiger partial charge on any atom is -0.495 e. The molecule has 0 aliphatic carbocycles. The molecule has 184 valence electrons. The zero-order valence-electron chi connectivity index (χ0n) is 19.8. The Balaban J connectivity index is 1.41. The molecule has 0 spiro atoms. The van der Waals surface area contributed by atoms with Crippen molar-refractivity contribution in [2.75, 3.05) is 55.3 Å². The van der Waals surface area contributed by atoms with Gasteiger partial charge in [-0.2, -0.15) is 0 Å². The number of benzene rings is 3. The SMILES string of the molecule is COc1ccccc1N1CCN(C(=O)CN(c2ccc(Oc3ccccc3)cc2)S(C)(=O)=O)CC1. The van der Waals surface area contributed by atoms with Gasteiger partial charge in [-0.25, -0.2) is 8.42 Å². The predicted molar refractivity (Wildman–Crippen MR) is 137 cm³/mol. The van der Waals surface area contributed by atoms with Crippen LogP contribution in [0.4, 0.5) is 11.4 Å². The third-order valence-corrected chi connectivity index (χ3v) is 6.98. The highest BCUT2D eigenvalue weighted by atomic mass is 32.2. The number of nitrogens with zero attached hydrogens (tertiary/aromatic N) is 3. The van der Waals surface area contributed by atoms with Gasteiger partial charge in [-0.3, -0.25) is 9.10 Å². The zero-order chi connectivity index (χ0) is 24.8. The molecule has 0 radical (unpaired) electrons. The van der Waals surface area contributed by atoms with E-state index in [1.54, 1.807) is 36.3 Å². The number of carbonyl (C=O) groups is 1. The van der Waals surface area contributed by atoms with Gasteiger partial charge in [0.15, 0.2) is 0 Å². The fourth-order valence-electron chi connectivity index (χ4n) is 4.02. The number of rotatable bonds is 8. The van der Waals surface area contributed by atoms with Gasteiger partial charge in [0, 0.05) is 26.2 Å². The molecule has 4 rings (SSSR count). The molecule has 0 aromatic heterocycles. The first-order chi connectivity index (χ1) is 16.8. The number of sulfonamides is 1. The summed E-state index contributed by atoms with van der Waals surface area (Å²) in [6.45, 7) is 2.01. The van der Waals surface area contributed by atoms with Crippen LogP contribution in [0.1, 0.15) is 0 Å². The van der Waals surface area contributed by atoms with E-state index in [2.05, 4.69) is 4.90 Å². The Hall–Kier alpha value is -3.72. The van der Waals surface area contributed by atoms with Gasteiger partial charge in [-0.1, -0.05) is 30.3 Å². The monoisotopic (exact) mass is 495 g/mol. The molecule has 3 aromatic carbocycles. The lowest BCUT2D eigenvalue weighted by Crippen LogP contribution is -2.52. The minimum absolute atomic E-state index is 0.236. The van der Waals surface area contributed by atoms with Crippen LogP contribution in [0.2, 0.25) is 0 Å². The van der Waals surface area contributed by atoms with Crippen molar-refractivity contribution in [1.82, 2.24) is 4.90 Å². The average molecular weight is 496 g/mol. The molecule has 1 aliphatic heterocycles. The number of hydrogen-bond donors (Lipinski definition) is 0. The van der Waals surface area contributed by atoms with Gasteiger partial charge in [0.2, 0.25) is 15.9 Å². The van der Waals surface area contributed by atoms with Crippen LogP contribution in [0.3, 0.4) is 0 Å². The number of ether oxygens (including phenoxy) is 2. The number of piperazine rings is 1. The maximum Gasteiger partial charge on any atom is 0.243 e.